The van der Waals surface area contributed by atoms with Crippen LogP contribution in [0.15, 0.2) is 36.7 Å². The summed E-state index contributed by atoms with van der Waals surface area (Å²) in [5, 5.41) is 19.3. The summed E-state index contributed by atoms with van der Waals surface area (Å²) in [6.07, 6.45) is 3.92. The quantitative estimate of drug-likeness (QED) is 0.842. The molecule has 2 atom stereocenters. The van der Waals surface area contributed by atoms with Crippen molar-refractivity contribution in [1.82, 2.24) is 20.3 Å². The molecule has 7 heteroatoms. The topological polar surface area (TPSA) is 97.1 Å². The van der Waals surface area contributed by atoms with Crippen LogP contribution in [-0.4, -0.2) is 38.0 Å². The Labute approximate surface area is 128 Å². The van der Waals surface area contributed by atoms with Gasteiger partial charge in [-0.05, 0) is 30.2 Å². The zero-order valence-corrected chi connectivity index (χ0v) is 12.4. The van der Waals surface area contributed by atoms with E-state index in [0.29, 0.717) is 12.0 Å². The fourth-order valence-corrected chi connectivity index (χ4v) is 2.02. The number of carboxylic acids is 1. The summed E-state index contributed by atoms with van der Waals surface area (Å²) >= 11 is 0. The first-order valence-electron chi connectivity index (χ1n) is 7.03. The van der Waals surface area contributed by atoms with Gasteiger partial charge in [-0.25, -0.2) is 9.48 Å². The highest BCUT2D eigenvalue weighted by Gasteiger charge is 2.25. The Morgan fingerprint density at radius 1 is 1.32 bits per heavy atom. The summed E-state index contributed by atoms with van der Waals surface area (Å²) in [6.45, 7) is 3.69. The van der Waals surface area contributed by atoms with Crippen LogP contribution in [0.5, 0.6) is 0 Å². The van der Waals surface area contributed by atoms with Crippen molar-refractivity contribution in [2.75, 3.05) is 0 Å². The van der Waals surface area contributed by atoms with Crippen LogP contribution in [0.1, 0.15) is 30.6 Å². The van der Waals surface area contributed by atoms with Gasteiger partial charge in [0.2, 0.25) is 0 Å². The van der Waals surface area contributed by atoms with Crippen molar-refractivity contribution in [2.45, 2.75) is 26.3 Å². The molecule has 0 radical (unpaired) electrons. The number of hydrogen-bond donors (Lipinski definition) is 2. The van der Waals surface area contributed by atoms with Gasteiger partial charge >= 0.3 is 5.97 Å². The second kappa shape index (κ2) is 6.84. The molecular formula is C15H18N4O3. The Balaban J connectivity index is 2.11. The summed E-state index contributed by atoms with van der Waals surface area (Å²) in [6, 6.07) is 5.81. The number of carbonyl (C=O) groups excluding carboxylic acids is 1. The molecule has 0 fully saturated rings. The first-order valence-corrected chi connectivity index (χ1v) is 7.03. The second-order valence-electron chi connectivity index (χ2n) is 5.07. The molecule has 0 bridgehead atoms. The number of nitrogens with zero attached hydrogens (tertiary/aromatic N) is 3. The highest BCUT2D eigenvalue weighted by molar-refractivity contribution is 5.96. The maximum absolute atomic E-state index is 12.2. The number of hydrogen-bond acceptors (Lipinski definition) is 4. The van der Waals surface area contributed by atoms with Crippen LogP contribution in [0.25, 0.3) is 5.69 Å². The third kappa shape index (κ3) is 3.49. The Kier molecular flexibility index (Phi) is 4.88. The first kappa shape index (κ1) is 15.7. The van der Waals surface area contributed by atoms with Gasteiger partial charge in [0, 0.05) is 5.56 Å². The molecule has 0 spiro atoms. The van der Waals surface area contributed by atoms with E-state index in [9.17, 15) is 14.7 Å². The lowest BCUT2D eigenvalue weighted by Gasteiger charge is -2.20. The summed E-state index contributed by atoms with van der Waals surface area (Å²) in [4.78, 5) is 23.4. The Morgan fingerprint density at radius 2 is 2.00 bits per heavy atom. The van der Waals surface area contributed by atoms with Gasteiger partial charge < -0.3 is 10.4 Å². The van der Waals surface area contributed by atoms with E-state index < -0.39 is 17.9 Å². The van der Waals surface area contributed by atoms with Gasteiger partial charge in [0.05, 0.1) is 18.1 Å². The van der Waals surface area contributed by atoms with Crippen LogP contribution in [0.2, 0.25) is 0 Å². The number of carbonyl (C=O) groups is 2. The molecular weight excluding hydrogens is 284 g/mol. The fourth-order valence-electron chi connectivity index (χ4n) is 2.02. The van der Waals surface area contributed by atoms with Crippen LogP contribution in [0.4, 0.5) is 0 Å². The van der Waals surface area contributed by atoms with Gasteiger partial charge in [-0.15, -0.1) is 5.10 Å². The largest absolute Gasteiger partial charge is 0.480 e. The third-order valence-electron chi connectivity index (χ3n) is 3.58. The van der Waals surface area contributed by atoms with E-state index >= 15 is 0 Å². The van der Waals surface area contributed by atoms with Crippen molar-refractivity contribution in [3.63, 3.8) is 0 Å². The third-order valence-corrected chi connectivity index (χ3v) is 3.58. The Hall–Kier alpha value is -2.70. The molecule has 116 valence electrons. The lowest BCUT2D eigenvalue weighted by molar-refractivity contribution is -0.140. The van der Waals surface area contributed by atoms with Gasteiger partial charge in [-0.3, -0.25) is 4.79 Å². The highest BCUT2D eigenvalue weighted by Crippen LogP contribution is 2.11. The van der Waals surface area contributed by atoms with Crippen LogP contribution >= 0.6 is 0 Å². The van der Waals surface area contributed by atoms with Crippen molar-refractivity contribution in [3.05, 3.63) is 42.2 Å². The summed E-state index contributed by atoms with van der Waals surface area (Å²) in [5.74, 6) is -1.57. The molecule has 1 heterocycles. The minimum Gasteiger partial charge on any atom is -0.480 e. The minimum absolute atomic E-state index is 0.143. The van der Waals surface area contributed by atoms with E-state index in [0.717, 1.165) is 5.69 Å². The minimum atomic E-state index is -1.03. The van der Waals surface area contributed by atoms with Crippen molar-refractivity contribution < 1.29 is 14.7 Å². The molecule has 0 saturated heterocycles. The molecule has 0 aliphatic carbocycles. The SMILES string of the molecule is CC[C@H](C)[C@H](NC(=O)c1ccc(-n2ccnn2)cc1)C(=O)O. The van der Waals surface area contributed by atoms with Gasteiger partial charge in [0.15, 0.2) is 0 Å². The van der Waals surface area contributed by atoms with Gasteiger partial charge in [0.25, 0.3) is 5.91 Å². The monoisotopic (exact) mass is 302 g/mol. The number of rotatable bonds is 6. The predicted octanol–water partition coefficient (Wildman–Crippen LogP) is 1.50. The average Bonchev–Trinajstić information content (AvgIpc) is 3.06. The molecule has 2 aromatic rings. The second-order valence-corrected chi connectivity index (χ2v) is 5.07. The number of carboxylic acid groups (broad SMARTS) is 1. The number of amides is 1. The zero-order valence-electron chi connectivity index (χ0n) is 12.4. The van der Waals surface area contributed by atoms with E-state index in [2.05, 4.69) is 15.6 Å². The van der Waals surface area contributed by atoms with E-state index in [1.165, 1.54) is 0 Å². The van der Waals surface area contributed by atoms with Crippen LogP contribution in [-0.2, 0) is 4.79 Å². The van der Waals surface area contributed by atoms with E-state index in [-0.39, 0.29) is 5.92 Å². The number of benzene rings is 1. The van der Waals surface area contributed by atoms with Gasteiger partial charge in [-0.1, -0.05) is 25.5 Å². The smallest absolute Gasteiger partial charge is 0.326 e. The lowest BCUT2D eigenvalue weighted by Crippen LogP contribution is -2.45. The maximum Gasteiger partial charge on any atom is 0.326 e. The molecule has 0 saturated carbocycles. The summed E-state index contributed by atoms with van der Waals surface area (Å²) in [5.41, 5.74) is 1.17. The molecule has 1 aromatic carbocycles. The summed E-state index contributed by atoms with van der Waals surface area (Å²) < 4.78 is 1.57. The average molecular weight is 302 g/mol. The predicted molar refractivity (Wildman–Crippen MR) is 79.7 cm³/mol. The van der Waals surface area contributed by atoms with E-state index in [1.54, 1.807) is 48.3 Å². The molecule has 1 aromatic heterocycles. The number of aromatic nitrogens is 3. The zero-order chi connectivity index (χ0) is 16.1. The normalized spacial score (nSPS) is 13.4. The van der Waals surface area contributed by atoms with E-state index in [1.807, 2.05) is 6.92 Å². The molecule has 2 N–H and O–H groups in total. The fraction of sp³-hybridized carbons (Fsp3) is 0.333. The lowest BCUT2D eigenvalue weighted by atomic mass is 9.99. The summed E-state index contributed by atoms with van der Waals surface area (Å²) in [7, 11) is 0. The highest BCUT2D eigenvalue weighted by atomic mass is 16.4. The van der Waals surface area contributed by atoms with Crippen molar-refractivity contribution in [3.8, 4) is 5.69 Å². The molecule has 1 amide bonds. The van der Waals surface area contributed by atoms with Gasteiger partial charge in [0.1, 0.15) is 6.04 Å². The molecule has 0 unspecified atom stereocenters. The molecule has 0 aliphatic rings. The van der Waals surface area contributed by atoms with Crippen LogP contribution in [0.3, 0.4) is 0 Å². The maximum atomic E-state index is 12.2. The first-order chi connectivity index (χ1) is 10.5. The molecule has 7 nitrogen and oxygen atoms in total. The van der Waals surface area contributed by atoms with E-state index in [4.69, 9.17) is 0 Å². The van der Waals surface area contributed by atoms with Crippen LogP contribution in [0, 0.1) is 5.92 Å². The standard InChI is InChI=1S/C15H18N4O3/c1-3-10(2)13(15(21)22)17-14(20)11-4-6-12(7-5-11)19-9-8-16-18-19/h4-10,13H,3H2,1-2H3,(H,17,20)(H,21,22)/t10-,13-/m0/s1. The Bertz CT molecular complexity index is 637. The molecule has 0 aliphatic heterocycles. The van der Waals surface area contributed by atoms with Crippen molar-refractivity contribution in [1.29, 1.82) is 0 Å². The molecule has 2 rings (SSSR count). The van der Waals surface area contributed by atoms with Crippen molar-refractivity contribution in [2.24, 2.45) is 5.92 Å². The van der Waals surface area contributed by atoms with Crippen LogP contribution < -0.4 is 5.32 Å². The molecule has 22 heavy (non-hydrogen) atoms. The van der Waals surface area contributed by atoms with Gasteiger partial charge in [-0.2, -0.15) is 0 Å². The Morgan fingerprint density at radius 3 is 2.50 bits per heavy atom. The number of nitrogens with one attached hydrogen (secondary N) is 1. The number of aliphatic carboxylic acids is 1. The van der Waals surface area contributed by atoms with Crippen molar-refractivity contribution >= 4 is 11.9 Å².